The van der Waals surface area contributed by atoms with Crippen LogP contribution in [-0.2, 0) is 7.05 Å². The first-order valence-corrected chi connectivity index (χ1v) is 7.82. The van der Waals surface area contributed by atoms with Crippen LogP contribution in [0.5, 0.6) is 0 Å². The number of para-hydroxylation sites is 1. The Kier molecular flexibility index (Phi) is 3.70. The molecule has 0 aliphatic carbocycles. The first kappa shape index (κ1) is 15.0. The van der Waals surface area contributed by atoms with Gasteiger partial charge in [-0.05, 0) is 24.3 Å². The van der Waals surface area contributed by atoms with Crippen molar-refractivity contribution in [2.24, 2.45) is 7.05 Å². The number of aryl methyl sites for hydroxylation is 1. The van der Waals surface area contributed by atoms with E-state index in [-0.39, 0.29) is 5.91 Å². The number of rotatable bonds is 3. The monoisotopic (exact) mass is 329 g/mol. The summed E-state index contributed by atoms with van der Waals surface area (Å²) in [6.07, 6.45) is 5.20. The van der Waals surface area contributed by atoms with E-state index in [0.717, 1.165) is 22.2 Å². The van der Waals surface area contributed by atoms with Crippen molar-refractivity contribution in [3.8, 4) is 11.3 Å². The van der Waals surface area contributed by atoms with E-state index in [9.17, 15) is 4.79 Å². The van der Waals surface area contributed by atoms with E-state index < -0.39 is 0 Å². The fourth-order valence-electron chi connectivity index (χ4n) is 2.70. The molecule has 3 aromatic heterocycles. The fourth-order valence-corrected chi connectivity index (χ4v) is 2.70. The largest absolute Gasteiger partial charge is 0.305 e. The van der Waals surface area contributed by atoms with E-state index >= 15 is 0 Å². The van der Waals surface area contributed by atoms with Crippen LogP contribution in [0.1, 0.15) is 10.4 Å². The average Bonchev–Trinajstić information content (AvgIpc) is 3.06. The van der Waals surface area contributed by atoms with Gasteiger partial charge in [0.25, 0.3) is 5.91 Å². The van der Waals surface area contributed by atoms with Gasteiger partial charge in [0.1, 0.15) is 0 Å². The predicted molar refractivity (Wildman–Crippen MR) is 96.1 cm³/mol. The smallest absolute Gasteiger partial charge is 0.257 e. The molecule has 1 amide bonds. The summed E-state index contributed by atoms with van der Waals surface area (Å²) in [4.78, 5) is 21.5. The van der Waals surface area contributed by atoms with Gasteiger partial charge < -0.3 is 5.32 Å². The topological polar surface area (TPSA) is 72.7 Å². The zero-order valence-corrected chi connectivity index (χ0v) is 13.5. The number of benzene rings is 1. The van der Waals surface area contributed by atoms with Gasteiger partial charge in [-0.1, -0.05) is 18.2 Å². The number of hydrogen-bond acceptors (Lipinski definition) is 4. The third kappa shape index (κ3) is 2.97. The van der Waals surface area contributed by atoms with E-state index in [0.29, 0.717) is 11.4 Å². The van der Waals surface area contributed by atoms with E-state index in [4.69, 9.17) is 0 Å². The lowest BCUT2D eigenvalue weighted by Crippen LogP contribution is -2.13. The molecule has 0 saturated heterocycles. The summed E-state index contributed by atoms with van der Waals surface area (Å²) in [5, 5.41) is 7.84. The first-order chi connectivity index (χ1) is 12.2. The molecule has 0 spiro atoms. The van der Waals surface area contributed by atoms with E-state index in [1.807, 2.05) is 36.4 Å². The van der Waals surface area contributed by atoms with E-state index in [2.05, 4.69) is 20.4 Å². The molecule has 4 rings (SSSR count). The third-order valence-electron chi connectivity index (χ3n) is 3.89. The number of amides is 1. The lowest BCUT2D eigenvalue weighted by Gasteiger charge is -2.09. The first-order valence-electron chi connectivity index (χ1n) is 7.82. The Morgan fingerprint density at radius 3 is 2.64 bits per heavy atom. The van der Waals surface area contributed by atoms with Crippen molar-refractivity contribution in [2.45, 2.75) is 0 Å². The number of pyridine rings is 2. The summed E-state index contributed by atoms with van der Waals surface area (Å²) in [5.74, 6) is 0.298. The molecule has 0 radical (unpaired) electrons. The molecule has 0 fully saturated rings. The molecule has 6 nitrogen and oxygen atoms in total. The van der Waals surface area contributed by atoms with Crippen molar-refractivity contribution >= 4 is 22.6 Å². The van der Waals surface area contributed by atoms with Gasteiger partial charge >= 0.3 is 0 Å². The maximum Gasteiger partial charge on any atom is 0.257 e. The molecule has 122 valence electrons. The van der Waals surface area contributed by atoms with Crippen LogP contribution in [0.4, 0.5) is 5.82 Å². The molecular formula is C19H15N5O. The Balaban J connectivity index is 1.82. The second-order valence-electron chi connectivity index (χ2n) is 5.64. The van der Waals surface area contributed by atoms with Crippen molar-refractivity contribution in [1.82, 2.24) is 19.7 Å². The van der Waals surface area contributed by atoms with Crippen molar-refractivity contribution < 1.29 is 4.79 Å². The second-order valence-corrected chi connectivity index (χ2v) is 5.64. The summed E-state index contributed by atoms with van der Waals surface area (Å²) in [6, 6.07) is 14.9. The van der Waals surface area contributed by atoms with Crippen molar-refractivity contribution in [3.05, 3.63) is 72.7 Å². The normalized spacial score (nSPS) is 10.8. The van der Waals surface area contributed by atoms with Gasteiger partial charge in [-0.3, -0.25) is 14.5 Å². The van der Waals surface area contributed by atoms with Crippen LogP contribution in [0.3, 0.4) is 0 Å². The van der Waals surface area contributed by atoms with E-state index in [1.54, 1.807) is 42.5 Å². The molecule has 0 unspecified atom stereocenters. The van der Waals surface area contributed by atoms with Crippen LogP contribution >= 0.6 is 0 Å². The van der Waals surface area contributed by atoms with Gasteiger partial charge in [0.05, 0.1) is 16.8 Å². The van der Waals surface area contributed by atoms with Gasteiger partial charge in [-0.2, -0.15) is 5.10 Å². The molecule has 0 bridgehead atoms. The predicted octanol–water partition coefficient (Wildman–Crippen LogP) is 3.28. The molecule has 0 atom stereocenters. The summed E-state index contributed by atoms with van der Waals surface area (Å²) < 4.78 is 1.64. The minimum atomic E-state index is -0.215. The Labute approximate surface area is 144 Å². The van der Waals surface area contributed by atoms with Crippen molar-refractivity contribution in [1.29, 1.82) is 0 Å². The Morgan fingerprint density at radius 1 is 1.08 bits per heavy atom. The lowest BCUT2D eigenvalue weighted by molar-refractivity contribution is 0.102. The number of aromatic nitrogens is 4. The Hall–Kier alpha value is -3.54. The van der Waals surface area contributed by atoms with Gasteiger partial charge in [0.15, 0.2) is 5.82 Å². The highest BCUT2D eigenvalue weighted by Crippen LogP contribution is 2.25. The number of nitrogens with one attached hydrogen (secondary N) is 1. The molecule has 1 aromatic carbocycles. The summed E-state index contributed by atoms with van der Waals surface area (Å²) >= 11 is 0. The molecule has 4 aromatic rings. The van der Waals surface area contributed by atoms with Gasteiger partial charge in [-0.25, -0.2) is 4.98 Å². The van der Waals surface area contributed by atoms with Crippen molar-refractivity contribution in [2.75, 3.05) is 5.32 Å². The minimum Gasteiger partial charge on any atom is -0.305 e. The number of fused-ring (bicyclic) bond motifs is 1. The Morgan fingerprint density at radius 2 is 1.88 bits per heavy atom. The average molecular weight is 329 g/mol. The standard InChI is InChI=1S/C19H15N5O/c1-24-11-8-18(23-24)22-19(25)15-12-17(13-6-9-20-10-7-13)21-16-5-3-2-4-14(15)16/h2-12H,1H3,(H,22,23,25). The quantitative estimate of drug-likeness (QED) is 0.626. The zero-order chi connectivity index (χ0) is 17.2. The van der Waals surface area contributed by atoms with Crippen LogP contribution in [-0.4, -0.2) is 25.7 Å². The van der Waals surface area contributed by atoms with Crippen molar-refractivity contribution in [3.63, 3.8) is 0 Å². The van der Waals surface area contributed by atoms with Crippen LogP contribution in [0.15, 0.2) is 67.1 Å². The number of carbonyl (C=O) groups is 1. The SMILES string of the molecule is Cn1ccc(NC(=O)c2cc(-c3ccncc3)nc3ccccc23)n1. The molecule has 0 aliphatic rings. The highest BCUT2D eigenvalue weighted by Gasteiger charge is 2.15. The molecule has 1 N–H and O–H groups in total. The Bertz CT molecular complexity index is 1060. The second kappa shape index (κ2) is 6.16. The van der Waals surface area contributed by atoms with Crippen LogP contribution in [0.25, 0.3) is 22.2 Å². The number of nitrogens with zero attached hydrogens (tertiary/aromatic N) is 4. The molecule has 0 aliphatic heterocycles. The molecule has 25 heavy (non-hydrogen) atoms. The molecule has 6 heteroatoms. The van der Waals surface area contributed by atoms with Gasteiger partial charge in [0.2, 0.25) is 0 Å². The molecule has 3 heterocycles. The highest BCUT2D eigenvalue weighted by atomic mass is 16.1. The summed E-state index contributed by atoms with van der Waals surface area (Å²) in [7, 11) is 1.80. The lowest BCUT2D eigenvalue weighted by atomic mass is 10.0. The zero-order valence-electron chi connectivity index (χ0n) is 13.5. The maximum atomic E-state index is 12.8. The summed E-state index contributed by atoms with van der Waals surface area (Å²) in [6.45, 7) is 0. The fraction of sp³-hybridized carbons (Fsp3) is 0.0526. The third-order valence-corrected chi connectivity index (χ3v) is 3.89. The number of carbonyl (C=O) groups excluding carboxylic acids is 1. The minimum absolute atomic E-state index is 0.215. The van der Waals surface area contributed by atoms with Gasteiger partial charge in [0, 0.05) is 42.7 Å². The van der Waals surface area contributed by atoms with Crippen LogP contribution in [0.2, 0.25) is 0 Å². The van der Waals surface area contributed by atoms with Crippen LogP contribution < -0.4 is 5.32 Å². The number of hydrogen-bond donors (Lipinski definition) is 1. The summed E-state index contributed by atoms with van der Waals surface area (Å²) in [5.41, 5.74) is 2.96. The molecular weight excluding hydrogens is 314 g/mol. The molecule has 0 saturated carbocycles. The number of anilines is 1. The highest BCUT2D eigenvalue weighted by molar-refractivity contribution is 6.12. The van der Waals surface area contributed by atoms with Crippen LogP contribution in [0, 0.1) is 0 Å². The maximum absolute atomic E-state index is 12.8. The van der Waals surface area contributed by atoms with Gasteiger partial charge in [-0.15, -0.1) is 0 Å². The van der Waals surface area contributed by atoms with E-state index in [1.165, 1.54) is 0 Å².